The molecule has 1 aliphatic rings. The Balaban J connectivity index is 1.53. The number of amides is 3. The maximum Gasteiger partial charge on any atom is 0.274 e. The Kier molecular flexibility index (Phi) is 9.61. The van der Waals surface area contributed by atoms with Gasteiger partial charge >= 0.3 is 0 Å². The second-order valence-electron chi connectivity index (χ2n) is 9.65. The van der Waals surface area contributed by atoms with Crippen molar-refractivity contribution >= 4 is 23.4 Å². The number of likely N-dealkylation sites (N-methyl/N-ethyl adjacent to an activating group) is 1. The molecule has 10 nitrogen and oxygen atoms in total. The van der Waals surface area contributed by atoms with Crippen LogP contribution in [0, 0.1) is 5.82 Å². The summed E-state index contributed by atoms with van der Waals surface area (Å²) in [5, 5.41) is 5.52. The highest BCUT2D eigenvalue weighted by atomic mass is 19.1. The molecule has 4 rings (SSSR count). The third-order valence-corrected chi connectivity index (χ3v) is 6.85. The van der Waals surface area contributed by atoms with Crippen LogP contribution in [-0.2, 0) is 20.7 Å². The summed E-state index contributed by atoms with van der Waals surface area (Å²) in [5.41, 5.74) is 1.88. The lowest BCUT2D eigenvalue weighted by atomic mass is 10.1. The number of nitrogens with one attached hydrogen (secondary N) is 2. The zero-order valence-corrected chi connectivity index (χ0v) is 22.3. The fourth-order valence-electron chi connectivity index (χ4n) is 4.91. The molecule has 39 heavy (non-hydrogen) atoms. The predicted octanol–water partition coefficient (Wildman–Crippen LogP) is 1.50. The summed E-state index contributed by atoms with van der Waals surface area (Å²) in [6, 6.07) is 10.7. The number of ether oxygens (including phenoxy) is 1. The van der Waals surface area contributed by atoms with Crippen LogP contribution in [0.5, 0.6) is 0 Å². The number of halogens is 1. The standard InChI is InChI=1S/C28H35FN6O4/c1-30-16-26(36)32-24(19-39-2)28(38)35-14-5-6-22(35)17-34(15-12-20-8-10-21(29)11-9-20)27(37)23-18-33-13-4-3-7-25(33)31-23/h3-4,7-11,13,18,22,24,30H,5-6,12,14-17,19H2,1-2H3,(H,32,36). The zero-order valence-electron chi connectivity index (χ0n) is 22.3. The van der Waals surface area contributed by atoms with Crippen LogP contribution >= 0.6 is 0 Å². The minimum Gasteiger partial charge on any atom is -0.382 e. The third-order valence-electron chi connectivity index (χ3n) is 6.85. The maximum absolute atomic E-state index is 13.7. The van der Waals surface area contributed by atoms with Crippen molar-refractivity contribution in [1.29, 1.82) is 0 Å². The summed E-state index contributed by atoms with van der Waals surface area (Å²) in [5.74, 6) is -1.09. The highest BCUT2D eigenvalue weighted by Gasteiger charge is 2.36. The summed E-state index contributed by atoms with van der Waals surface area (Å²) < 4.78 is 20.4. The van der Waals surface area contributed by atoms with E-state index >= 15 is 0 Å². The number of carbonyl (C=O) groups excluding carboxylic acids is 3. The lowest BCUT2D eigenvalue weighted by Crippen LogP contribution is -2.55. The molecule has 1 fully saturated rings. The predicted molar refractivity (Wildman–Crippen MR) is 144 cm³/mol. The smallest absolute Gasteiger partial charge is 0.274 e. The quantitative estimate of drug-likeness (QED) is 0.362. The molecule has 208 valence electrons. The molecule has 0 radical (unpaired) electrons. The first kappa shape index (κ1) is 28.2. The topological polar surface area (TPSA) is 108 Å². The van der Waals surface area contributed by atoms with Gasteiger partial charge in [-0.1, -0.05) is 18.2 Å². The average molecular weight is 539 g/mol. The van der Waals surface area contributed by atoms with E-state index in [1.807, 2.05) is 24.4 Å². The Morgan fingerprint density at radius 1 is 1.21 bits per heavy atom. The van der Waals surface area contributed by atoms with Gasteiger partial charge < -0.3 is 29.6 Å². The van der Waals surface area contributed by atoms with E-state index in [1.165, 1.54) is 19.2 Å². The van der Waals surface area contributed by atoms with Crippen molar-refractivity contribution in [2.24, 2.45) is 0 Å². The normalized spacial score (nSPS) is 15.9. The number of hydrogen-bond acceptors (Lipinski definition) is 6. The summed E-state index contributed by atoms with van der Waals surface area (Å²) in [6.45, 7) is 1.34. The fourth-order valence-corrected chi connectivity index (χ4v) is 4.91. The van der Waals surface area contributed by atoms with Crippen LogP contribution in [0.1, 0.15) is 28.9 Å². The highest BCUT2D eigenvalue weighted by Crippen LogP contribution is 2.21. The molecule has 11 heteroatoms. The Morgan fingerprint density at radius 2 is 2.00 bits per heavy atom. The van der Waals surface area contributed by atoms with Gasteiger partial charge in [0.1, 0.15) is 23.2 Å². The van der Waals surface area contributed by atoms with E-state index in [-0.39, 0.29) is 42.7 Å². The molecule has 2 atom stereocenters. The van der Waals surface area contributed by atoms with Crippen molar-refractivity contribution < 1.29 is 23.5 Å². The molecule has 2 unspecified atom stereocenters. The van der Waals surface area contributed by atoms with Crippen molar-refractivity contribution in [2.75, 3.05) is 46.9 Å². The SMILES string of the molecule is CNCC(=O)NC(COC)C(=O)N1CCCC1CN(CCc1ccc(F)cc1)C(=O)c1cn2ccccc2n1. The van der Waals surface area contributed by atoms with Crippen LogP contribution in [0.2, 0.25) is 0 Å². The highest BCUT2D eigenvalue weighted by molar-refractivity contribution is 5.93. The number of carbonyl (C=O) groups is 3. The molecule has 1 aromatic carbocycles. The van der Waals surface area contributed by atoms with Gasteiger partial charge in [-0.25, -0.2) is 9.37 Å². The van der Waals surface area contributed by atoms with E-state index in [0.29, 0.717) is 37.4 Å². The number of methoxy groups -OCH3 is 1. The Hall–Kier alpha value is -3.83. The molecule has 1 aliphatic heterocycles. The molecule has 0 saturated carbocycles. The second-order valence-corrected chi connectivity index (χ2v) is 9.65. The lowest BCUT2D eigenvalue weighted by Gasteiger charge is -2.33. The van der Waals surface area contributed by atoms with Crippen LogP contribution in [0.4, 0.5) is 4.39 Å². The number of fused-ring (bicyclic) bond motifs is 1. The van der Waals surface area contributed by atoms with Gasteiger partial charge in [0.25, 0.3) is 5.91 Å². The summed E-state index contributed by atoms with van der Waals surface area (Å²) in [4.78, 5) is 47.3. The van der Waals surface area contributed by atoms with Gasteiger partial charge in [-0.3, -0.25) is 14.4 Å². The first-order valence-corrected chi connectivity index (χ1v) is 13.1. The molecule has 0 spiro atoms. The van der Waals surface area contributed by atoms with Gasteiger partial charge in [0.05, 0.1) is 13.2 Å². The number of aromatic nitrogens is 2. The van der Waals surface area contributed by atoms with E-state index in [0.717, 1.165) is 18.4 Å². The van der Waals surface area contributed by atoms with E-state index in [9.17, 15) is 18.8 Å². The van der Waals surface area contributed by atoms with Gasteiger partial charge in [-0.15, -0.1) is 0 Å². The number of pyridine rings is 1. The molecule has 0 aliphatic carbocycles. The summed E-state index contributed by atoms with van der Waals surface area (Å²) in [6.07, 6.45) is 5.56. The minimum atomic E-state index is -0.821. The number of hydrogen-bond donors (Lipinski definition) is 2. The molecule has 3 aromatic rings. The second kappa shape index (κ2) is 13.3. The van der Waals surface area contributed by atoms with Crippen LogP contribution < -0.4 is 10.6 Å². The van der Waals surface area contributed by atoms with Crippen molar-refractivity contribution in [1.82, 2.24) is 29.8 Å². The Morgan fingerprint density at radius 3 is 2.72 bits per heavy atom. The molecular weight excluding hydrogens is 503 g/mol. The molecular formula is C28H35FN6O4. The summed E-state index contributed by atoms with van der Waals surface area (Å²) in [7, 11) is 3.14. The van der Waals surface area contributed by atoms with E-state index in [2.05, 4.69) is 15.6 Å². The zero-order chi connectivity index (χ0) is 27.8. The molecule has 0 bridgehead atoms. The minimum absolute atomic E-state index is 0.0476. The number of likely N-dealkylation sites (tertiary alicyclic amines) is 1. The molecule has 2 aromatic heterocycles. The van der Waals surface area contributed by atoms with Gasteiger partial charge in [0.15, 0.2) is 0 Å². The first-order chi connectivity index (χ1) is 18.9. The molecule has 3 amide bonds. The Bertz CT molecular complexity index is 1250. The lowest BCUT2D eigenvalue weighted by molar-refractivity contribution is -0.138. The fraction of sp³-hybridized carbons (Fsp3) is 0.429. The van der Waals surface area contributed by atoms with E-state index < -0.39 is 6.04 Å². The van der Waals surface area contributed by atoms with Gasteiger partial charge in [0, 0.05) is 45.2 Å². The molecule has 1 saturated heterocycles. The third kappa shape index (κ3) is 7.18. The van der Waals surface area contributed by atoms with Gasteiger partial charge in [-0.05, 0) is 56.1 Å². The molecule has 2 N–H and O–H groups in total. The van der Waals surface area contributed by atoms with Gasteiger partial charge in [-0.2, -0.15) is 0 Å². The number of nitrogens with zero attached hydrogens (tertiary/aromatic N) is 4. The monoisotopic (exact) mass is 538 g/mol. The van der Waals surface area contributed by atoms with Crippen LogP contribution in [0.3, 0.4) is 0 Å². The summed E-state index contributed by atoms with van der Waals surface area (Å²) >= 11 is 0. The van der Waals surface area contributed by atoms with E-state index in [4.69, 9.17) is 4.74 Å². The van der Waals surface area contributed by atoms with Crippen LogP contribution in [-0.4, -0.2) is 95.9 Å². The van der Waals surface area contributed by atoms with Crippen molar-refractivity contribution in [3.05, 3.63) is 71.9 Å². The number of benzene rings is 1. The van der Waals surface area contributed by atoms with Crippen molar-refractivity contribution in [3.63, 3.8) is 0 Å². The Labute approximate surface area is 227 Å². The number of imidazole rings is 1. The first-order valence-electron chi connectivity index (χ1n) is 13.1. The largest absolute Gasteiger partial charge is 0.382 e. The van der Waals surface area contributed by atoms with Gasteiger partial charge in [0.2, 0.25) is 11.8 Å². The molecule has 3 heterocycles. The van der Waals surface area contributed by atoms with Crippen LogP contribution in [0.15, 0.2) is 54.9 Å². The average Bonchev–Trinajstić information content (AvgIpc) is 3.58. The van der Waals surface area contributed by atoms with Crippen molar-refractivity contribution in [2.45, 2.75) is 31.3 Å². The van der Waals surface area contributed by atoms with Crippen LogP contribution in [0.25, 0.3) is 5.65 Å². The number of rotatable bonds is 12. The van der Waals surface area contributed by atoms with E-state index in [1.54, 1.807) is 39.6 Å². The maximum atomic E-state index is 13.7. The van der Waals surface area contributed by atoms with Crippen molar-refractivity contribution in [3.8, 4) is 0 Å².